The lowest BCUT2D eigenvalue weighted by Crippen LogP contribution is -2.38. The maximum Gasteiger partial charge on any atom is 0.194 e. The molecule has 1 aliphatic rings. The first kappa shape index (κ1) is 14.5. The molecular weight excluding hydrogens is 240 g/mol. The second-order valence-corrected chi connectivity index (χ2v) is 6.03. The number of aromatic nitrogens is 1. The van der Waals surface area contributed by atoms with Crippen LogP contribution in [0.25, 0.3) is 0 Å². The molecule has 2 rings (SSSR count). The normalized spacial score (nSPS) is 20.1. The van der Waals surface area contributed by atoms with Gasteiger partial charge in [-0.15, -0.1) is 0 Å². The first-order chi connectivity index (χ1) is 9.10. The molecule has 2 heterocycles. The predicted octanol–water partition coefficient (Wildman–Crippen LogP) is 2.43. The van der Waals surface area contributed by atoms with Gasteiger partial charge in [-0.3, -0.25) is 0 Å². The molecule has 4 nitrogen and oxygen atoms in total. The summed E-state index contributed by atoms with van der Waals surface area (Å²) < 4.78 is 5.53. The summed E-state index contributed by atoms with van der Waals surface area (Å²) in [6, 6.07) is 0.652. The highest BCUT2D eigenvalue weighted by Crippen LogP contribution is 2.23. The molecule has 0 radical (unpaired) electrons. The molecule has 4 heteroatoms. The van der Waals surface area contributed by atoms with E-state index in [9.17, 15) is 0 Å². The average molecular weight is 266 g/mol. The minimum Gasteiger partial charge on any atom is -0.449 e. The molecule has 1 aliphatic heterocycles. The predicted molar refractivity (Wildman–Crippen MR) is 75.1 cm³/mol. The van der Waals surface area contributed by atoms with E-state index in [0.717, 1.165) is 18.0 Å². The van der Waals surface area contributed by atoms with Crippen molar-refractivity contribution in [2.75, 3.05) is 19.7 Å². The Balaban J connectivity index is 1.84. The first-order valence-corrected chi connectivity index (χ1v) is 7.39. The van der Waals surface area contributed by atoms with Crippen molar-refractivity contribution in [2.45, 2.75) is 52.0 Å². The lowest BCUT2D eigenvalue weighted by Gasteiger charge is -2.34. The fourth-order valence-corrected chi connectivity index (χ4v) is 2.66. The van der Waals surface area contributed by atoms with E-state index in [1.54, 1.807) is 6.26 Å². The number of hydrogen-bond acceptors (Lipinski definition) is 4. The van der Waals surface area contributed by atoms with Crippen molar-refractivity contribution in [1.29, 1.82) is 0 Å². The summed E-state index contributed by atoms with van der Waals surface area (Å²) in [5, 5.41) is 9.11. The highest BCUT2D eigenvalue weighted by molar-refractivity contribution is 5.03. The summed E-state index contributed by atoms with van der Waals surface area (Å²) in [5.41, 5.74) is 0.872. The molecule has 1 aromatic rings. The molecule has 1 N–H and O–H groups in total. The van der Waals surface area contributed by atoms with Gasteiger partial charge in [0, 0.05) is 18.4 Å². The Hall–Kier alpha value is -0.870. The summed E-state index contributed by atoms with van der Waals surface area (Å²) in [6.07, 6.45) is 5.08. The van der Waals surface area contributed by atoms with Gasteiger partial charge in [-0.25, -0.2) is 4.98 Å². The SMILES string of the molecule is CC(CO)c1coc(CC2CCN(C(C)C)CC2)n1. The van der Waals surface area contributed by atoms with Crippen LogP contribution in [0.3, 0.4) is 0 Å². The molecular formula is C15H26N2O2. The van der Waals surface area contributed by atoms with Crippen LogP contribution >= 0.6 is 0 Å². The minimum atomic E-state index is 0.0697. The standard InChI is InChI=1S/C15H26N2O2/c1-11(2)17-6-4-13(5-7-17)8-15-16-14(10-19-15)12(3)9-18/h10-13,18H,4-9H2,1-3H3. The highest BCUT2D eigenvalue weighted by Gasteiger charge is 2.22. The maximum absolute atomic E-state index is 9.11. The number of aliphatic hydroxyl groups is 1. The van der Waals surface area contributed by atoms with Crippen molar-refractivity contribution >= 4 is 0 Å². The van der Waals surface area contributed by atoms with Gasteiger partial charge < -0.3 is 14.4 Å². The van der Waals surface area contributed by atoms with E-state index >= 15 is 0 Å². The lowest BCUT2D eigenvalue weighted by molar-refractivity contribution is 0.146. The summed E-state index contributed by atoms with van der Waals surface area (Å²) >= 11 is 0. The van der Waals surface area contributed by atoms with E-state index in [2.05, 4.69) is 23.7 Å². The summed E-state index contributed by atoms with van der Waals surface area (Å²) in [5.74, 6) is 1.59. The Morgan fingerprint density at radius 3 is 2.63 bits per heavy atom. The Morgan fingerprint density at radius 1 is 1.37 bits per heavy atom. The van der Waals surface area contributed by atoms with E-state index < -0.39 is 0 Å². The van der Waals surface area contributed by atoms with Crippen LogP contribution in [0.15, 0.2) is 10.7 Å². The molecule has 0 aromatic carbocycles. The number of likely N-dealkylation sites (tertiary alicyclic amines) is 1. The summed E-state index contributed by atoms with van der Waals surface area (Å²) in [4.78, 5) is 7.02. The largest absolute Gasteiger partial charge is 0.449 e. The number of rotatable bonds is 5. The molecule has 1 fully saturated rings. The van der Waals surface area contributed by atoms with Crippen LogP contribution in [0.2, 0.25) is 0 Å². The molecule has 0 aliphatic carbocycles. The molecule has 1 saturated heterocycles. The third kappa shape index (κ3) is 3.80. The lowest BCUT2D eigenvalue weighted by atomic mass is 9.93. The van der Waals surface area contributed by atoms with Crippen LogP contribution < -0.4 is 0 Å². The van der Waals surface area contributed by atoms with E-state index in [1.165, 1.54) is 25.9 Å². The van der Waals surface area contributed by atoms with Gasteiger partial charge in [0.25, 0.3) is 0 Å². The van der Waals surface area contributed by atoms with Gasteiger partial charge in [0.1, 0.15) is 6.26 Å². The van der Waals surface area contributed by atoms with Crippen molar-refractivity contribution in [2.24, 2.45) is 5.92 Å². The van der Waals surface area contributed by atoms with E-state index in [4.69, 9.17) is 9.52 Å². The van der Waals surface area contributed by atoms with Crippen molar-refractivity contribution in [1.82, 2.24) is 9.88 Å². The first-order valence-electron chi connectivity index (χ1n) is 7.39. The summed E-state index contributed by atoms with van der Waals surface area (Å²) in [7, 11) is 0. The Labute approximate surface area is 115 Å². The monoisotopic (exact) mass is 266 g/mol. The van der Waals surface area contributed by atoms with E-state index in [0.29, 0.717) is 12.0 Å². The van der Waals surface area contributed by atoms with Crippen LogP contribution in [-0.2, 0) is 6.42 Å². The number of aliphatic hydroxyl groups excluding tert-OH is 1. The van der Waals surface area contributed by atoms with Crippen LogP contribution in [0.5, 0.6) is 0 Å². The van der Waals surface area contributed by atoms with Crippen LogP contribution in [-0.4, -0.2) is 40.7 Å². The maximum atomic E-state index is 9.11. The zero-order valence-corrected chi connectivity index (χ0v) is 12.3. The van der Waals surface area contributed by atoms with Crippen LogP contribution in [0.4, 0.5) is 0 Å². The quantitative estimate of drug-likeness (QED) is 0.889. The number of oxazole rings is 1. The molecule has 1 atom stereocenters. The van der Waals surface area contributed by atoms with Crippen molar-refractivity contribution in [3.63, 3.8) is 0 Å². The number of nitrogens with zero attached hydrogens (tertiary/aromatic N) is 2. The van der Waals surface area contributed by atoms with Crippen LogP contribution in [0, 0.1) is 5.92 Å². The minimum absolute atomic E-state index is 0.0697. The molecule has 0 bridgehead atoms. The third-order valence-corrected chi connectivity index (χ3v) is 4.19. The van der Waals surface area contributed by atoms with Gasteiger partial charge in [0.2, 0.25) is 0 Å². The summed E-state index contributed by atoms with van der Waals surface area (Å²) in [6.45, 7) is 8.97. The third-order valence-electron chi connectivity index (χ3n) is 4.19. The fourth-order valence-electron chi connectivity index (χ4n) is 2.66. The zero-order valence-electron chi connectivity index (χ0n) is 12.3. The Bertz CT molecular complexity index is 381. The van der Waals surface area contributed by atoms with E-state index in [-0.39, 0.29) is 12.5 Å². The topological polar surface area (TPSA) is 49.5 Å². The second-order valence-electron chi connectivity index (χ2n) is 6.03. The molecule has 0 amide bonds. The van der Waals surface area contributed by atoms with Crippen molar-refractivity contribution in [3.8, 4) is 0 Å². The Morgan fingerprint density at radius 2 is 2.05 bits per heavy atom. The molecule has 1 unspecified atom stereocenters. The number of piperidine rings is 1. The second kappa shape index (κ2) is 6.53. The zero-order chi connectivity index (χ0) is 13.8. The molecule has 0 spiro atoms. The van der Waals surface area contributed by atoms with Gasteiger partial charge >= 0.3 is 0 Å². The molecule has 19 heavy (non-hydrogen) atoms. The highest BCUT2D eigenvalue weighted by atomic mass is 16.3. The van der Waals surface area contributed by atoms with Crippen molar-refractivity contribution < 1.29 is 9.52 Å². The fraction of sp³-hybridized carbons (Fsp3) is 0.800. The average Bonchev–Trinajstić information content (AvgIpc) is 2.87. The number of hydrogen-bond donors (Lipinski definition) is 1. The Kier molecular flexibility index (Phi) is 4.99. The smallest absolute Gasteiger partial charge is 0.194 e. The van der Waals surface area contributed by atoms with E-state index in [1.807, 2.05) is 6.92 Å². The van der Waals surface area contributed by atoms with Crippen molar-refractivity contribution in [3.05, 3.63) is 17.8 Å². The van der Waals surface area contributed by atoms with Crippen LogP contribution in [0.1, 0.15) is 51.1 Å². The van der Waals surface area contributed by atoms with Gasteiger partial charge in [0.15, 0.2) is 5.89 Å². The van der Waals surface area contributed by atoms with Gasteiger partial charge in [-0.1, -0.05) is 6.92 Å². The van der Waals surface area contributed by atoms with Gasteiger partial charge in [-0.05, 0) is 45.7 Å². The molecule has 108 valence electrons. The molecule has 1 aromatic heterocycles. The van der Waals surface area contributed by atoms with Gasteiger partial charge in [0.05, 0.1) is 12.3 Å². The molecule has 0 saturated carbocycles. The van der Waals surface area contributed by atoms with Gasteiger partial charge in [-0.2, -0.15) is 0 Å².